The van der Waals surface area contributed by atoms with Gasteiger partial charge in [-0.25, -0.2) is 4.98 Å². The average molecular weight is 250 g/mol. The second-order valence-electron chi connectivity index (χ2n) is 4.16. The zero-order valence-electron chi connectivity index (χ0n) is 9.98. The zero-order valence-corrected chi connectivity index (χ0v) is 9.98. The summed E-state index contributed by atoms with van der Waals surface area (Å²) in [5.74, 6) is 0. The summed E-state index contributed by atoms with van der Waals surface area (Å²) in [5.41, 5.74) is 2.06. The molecule has 0 amide bonds. The van der Waals surface area contributed by atoms with E-state index >= 15 is 0 Å². The molecular formula is C15H10N2O2. The number of nitrogens with zero attached hydrogens (tertiary/aromatic N) is 2. The fourth-order valence-corrected chi connectivity index (χ4v) is 2.07. The Morgan fingerprint density at radius 3 is 2.47 bits per heavy atom. The van der Waals surface area contributed by atoms with Gasteiger partial charge < -0.3 is 0 Å². The van der Waals surface area contributed by atoms with E-state index in [4.69, 9.17) is 0 Å². The summed E-state index contributed by atoms with van der Waals surface area (Å²) in [5, 5.41) is 12.1. The molecule has 4 nitrogen and oxygen atoms in total. The number of aromatic nitrogens is 1. The van der Waals surface area contributed by atoms with E-state index in [1.807, 2.05) is 36.4 Å². The smallest absolute Gasteiger partial charge is 0.258 e. The molecule has 1 aromatic heterocycles. The minimum atomic E-state index is -0.383. The highest BCUT2D eigenvalue weighted by atomic mass is 16.6. The third-order valence-electron chi connectivity index (χ3n) is 2.98. The van der Waals surface area contributed by atoms with Gasteiger partial charge in [-0.15, -0.1) is 0 Å². The molecule has 0 unspecified atom stereocenters. The molecule has 0 aliphatic rings. The summed E-state index contributed by atoms with van der Waals surface area (Å²) in [4.78, 5) is 15.1. The van der Waals surface area contributed by atoms with Gasteiger partial charge in [-0.1, -0.05) is 36.4 Å². The van der Waals surface area contributed by atoms with Gasteiger partial charge in [0.05, 0.1) is 21.7 Å². The quantitative estimate of drug-likeness (QED) is 0.513. The highest BCUT2D eigenvalue weighted by Crippen LogP contribution is 2.29. The van der Waals surface area contributed by atoms with E-state index in [0.717, 1.165) is 10.9 Å². The van der Waals surface area contributed by atoms with Gasteiger partial charge >= 0.3 is 0 Å². The van der Waals surface area contributed by atoms with E-state index in [2.05, 4.69) is 4.98 Å². The van der Waals surface area contributed by atoms with Gasteiger partial charge in [0.15, 0.2) is 0 Å². The van der Waals surface area contributed by atoms with Gasteiger partial charge in [0.2, 0.25) is 0 Å². The molecule has 0 aliphatic heterocycles. The summed E-state index contributed by atoms with van der Waals surface area (Å²) >= 11 is 0. The fourth-order valence-electron chi connectivity index (χ4n) is 2.07. The molecule has 3 aromatic rings. The SMILES string of the molecule is O=[N+]([O-])c1ccccc1-c1ccc2ccccc2n1. The van der Waals surface area contributed by atoms with Crippen LogP contribution in [0.2, 0.25) is 0 Å². The van der Waals surface area contributed by atoms with E-state index in [1.54, 1.807) is 18.2 Å². The molecule has 0 atom stereocenters. The van der Waals surface area contributed by atoms with Crippen molar-refractivity contribution < 1.29 is 4.92 Å². The Hall–Kier alpha value is -2.75. The summed E-state index contributed by atoms with van der Waals surface area (Å²) in [6, 6.07) is 18.1. The maximum atomic E-state index is 11.0. The zero-order chi connectivity index (χ0) is 13.2. The predicted octanol–water partition coefficient (Wildman–Crippen LogP) is 3.81. The summed E-state index contributed by atoms with van der Waals surface area (Å²) in [7, 11) is 0. The van der Waals surface area contributed by atoms with Crippen LogP contribution in [0.4, 0.5) is 5.69 Å². The van der Waals surface area contributed by atoms with E-state index < -0.39 is 0 Å². The average Bonchev–Trinajstić information content (AvgIpc) is 2.46. The van der Waals surface area contributed by atoms with Crippen LogP contribution in [0.3, 0.4) is 0 Å². The van der Waals surface area contributed by atoms with Gasteiger partial charge in [-0.2, -0.15) is 0 Å². The minimum Gasteiger partial charge on any atom is -0.258 e. The molecule has 0 saturated heterocycles. The minimum absolute atomic E-state index is 0.0743. The molecule has 0 aliphatic carbocycles. The topological polar surface area (TPSA) is 56.0 Å². The van der Waals surface area contributed by atoms with Gasteiger partial charge in [0.1, 0.15) is 0 Å². The van der Waals surface area contributed by atoms with Crippen LogP contribution in [-0.4, -0.2) is 9.91 Å². The Morgan fingerprint density at radius 1 is 0.895 bits per heavy atom. The van der Waals surface area contributed by atoms with Crippen molar-refractivity contribution in [3.8, 4) is 11.3 Å². The van der Waals surface area contributed by atoms with Gasteiger partial charge in [0.25, 0.3) is 5.69 Å². The van der Waals surface area contributed by atoms with Crippen LogP contribution in [0.25, 0.3) is 22.2 Å². The number of nitro benzene ring substituents is 1. The molecule has 4 heteroatoms. The Bertz CT molecular complexity index is 769. The predicted molar refractivity (Wildman–Crippen MR) is 73.8 cm³/mol. The third kappa shape index (κ3) is 2.04. The Balaban J connectivity index is 2.22. The maximum absolute atomic E-state index is 11.0. The summed E-state index contributed by atoms with van der Waals surface area (Å²) in [6.45, 7) is 0. The number of rotatable bonds is 2. The lowest BCUT2D eigenvalue weighted by atomic mass is 10.1. The van der Waals surface area contributed by atoms with Crippen molar-refractivity contribution in [1.82, 2.24) is 4.98 Å². The number of nitro groups is 1. The lowest BCUT2D eigenvalue weighted by Gasteiger charge is -2.04. The molecule has 2 aromatic carbocycles. The summed E-state index contributed by atoms with van der Waals surface area (Å²) < 4.78 is 0. The van der Waals surface area contributed by atoms with Gasteiger partial charge in [-0.05, 0) is 18.2 Å². The molecule has 0 radical (unpaired) electrons. The van der Waals surface area contributed by atoms with Crippen LogP contribution in [-0.2, 0) is 0 Å². The highest BCUT2D eigenvalue weighted by Gasteiger charge is 2.15. The number of para-hydroxylation sites is 2. The van der Waals surface area contributed by atoms with Gasteiger partial charge in [0, 0.05) is 11.5 Å². The van der Waals surface area contributed by atoms with Crippen LogP contribution >= 0.6 is 0 Å². The first-order chi connectivity index (χ1) is 9.25. The second-order valence-corrected chi connectivity index (χ2v) is 4.16. The Morgan fingerprint density at radius 2 is 1.63 bits per heavy atom. The standard InChI is InChI=1S/C15H10N2O2/c18-17(19)15-8-4-2-6-12(15)14-10-9-11-5-1-3-7-13(11)16-14/h1-10H. The first-order valence-electron chi connectivity index (χ1n) is 5.85. The highest BCUT2D eigenvalue weighted by molar-refractivity contribution is 5.83. The second kappa shape index (κ2) is 4.49. The Labute approximate surface area is 109 Å². The number of pyridine rings is 1. The normalized spacial score (nSPS) is 10.5. The molecule has 3 rings (SSSR count). The maximum Gasteiger partial charge on any atom is 0.278 e. The molecule has 0 bridgehead atoms. The van der Waals surface area contributed by atoms with Crippen LogP contribution in [0, 0.1) is 10.1 Å². The lowest BCUT2D eigenvalue weighted by Crippen LogP contribution is -1.93. The molecule has 1 heterocycles. The number of benzene rings is 2. The van der Waals surface area contributed by atoms with Crippen molar-refractivity contribution in [3.05, 3.63) is 70.8 Å². The summed E-state index contributed by atoms with van der Waals surface area (Å²) in [6.07, 6.45) is 0. The van der Waals surface area contributed by atoms with Crippen molar-refractivity contribution in [2.45, 2.75) is 0 Å². The van der Waals surface area contributed by atoms with Crippen LogP contribution < -0.4 is 0 Å². The van der Waals surface area contributed by atoms with Crippen molar-refractivity contribution in [1.29, 1.82) is 0 Å². The van der Waals surface area contributed by atoms with Crippen LogP contribution in [0.15, 0.2) is 60.7 Å². The van der Waals surface area contributed by atoms with E-state index in [-0.39, 0.29) is 10.6 Å². The molecule has 0 saturated carbocycles. The Kier molecular flexibility index (Phi) is 2.68. The lowest BCUT2D eigenvalue weighted by molar-refractivity contribution is -0.384. The monoisotopic (exact) mass is 250 g/mol. The van der Waals surface area contributed by atoms with E-state index in [0.29, 0.717) is 11.3 Å². The third-order valence-corrected chi connectivity index (χ3v) is 2.98. The van der Waals surface area contributed by atoms with E-state index in [1.165, 1.54) is 6.07 Å². The number of hydrogen-bond acceptors (Lipinski definition) is 3. The molecular weight excluding hydrogens is 240 g/mol. The van der Waals surface area contributed by atoms with E-state index in [9.17, 15) is 10.1 Å². The molecule has 0 fully saturated rings. The van der Waals surface area contributed by atoms with Crippen LogP contribution in [0.5, 0.6) is 0 Å². The number of hydrogen-bond donors (Lipinski definition) is 0. The first-order valence-corrected chi connectivity index (χ1v) is 5.85. The van der Waals surface area contributed by atoms with Gasteiger partial charge in [-0.3, -0.25) is 10.1 Å². The molecule has 0 N–H and O–H groups in total. The van der Waals surface area contributed by atoms with Crippen molar-refractivity contribution >= 4 is 16.6 Å². The van der Waals surface area contributed by atoms with Crippen LogP contribution in [0.1, 0.15) is 0 Å². The van der Waals surface area contributed by atoms with Crippen molar-refractivity contribution in [2.24, 2.45) is 0 Å². The largest absolute Gasteiger partial charge is 0.278 e. The molecule has 0 spiro atoms. The van der Waals surface area contributed by atoms with Crippen molar-refractivity contribution in [2.75, 3.05) is 0 Å². The molecule has 19 heavy (non-hydrogen) atoms. The fraction of sp³-hybridized carbons (Fsp3) is 0. The van der Waals surface area contributed by atoms with Crippen molar-refractivity contribution in [3.63, 3.8) is 0 Å². The molecule has 92 valence electrons. The number of fused-ring (bicyclic) bond motifs is 1. The first kappa shape index (κ1) is 11.3.